The predicted molar refractivity (Wildman–Crippen MR) is 108 cm³/mol. The van der Waals surface area contributed by atoms with Gasteiger partial charge in [0.05, 0.1) is 10.1 Å². The van der Waals surface area contributed by atoms with Gasteiger partial charge in [-0.1, -0.05) is 36.4 Å². The van der Waals surface area contributed by atoms with Gasteiger partial charge in [0.2, 0.25) is 0 Å². The van der Waals surface area contributed by atoms with Crippen molar-refractivity contribution in [2.45, 2.75) is 56.2 Å². The molecule has 2 aromatic rings. The summed E-state index contributed by atoms with van der Waals surface area (Å²) < 4.78 is 24.4. The highest BCUT2D eigenvalue weighted by Crippen LogP contribution is 2.24. The summed E-state index contributed by atoms with van der Waals surface area (Å²) >= 11 is 0. The van der Waals surface area contributed by atoms with Gasteiger partial charge in [-0.15, -0.1) is 0 Å². The monoisotopic (exact) mass is 371 g/mol. The van der Waals surface area contributed by atoms with E-state index < -0.39 is 15.1 Å². The van der Waals surface area contributed by atoms with Crippen LogP contribution in [0, 0.1) is 0 Å². The number of likely N-dealkylation sites (tertiary alicyclic amines) is 1. The lowest BCUT2D eigenvalue weighted by molar-refractivity contribution is 0.272. The van der Waals surface area contributed by atoms with Crippen LogP contribution in [0.15, 0.2) is 53.4 Å². The van der Waals surface area contributed by atoms with Gasteiger partial charge in [-0.3, -0.25) is 0 Å². The molecule has 0 aromatic heterocycles. The second-order valence-corrected chi connectivity index (χ2v) is 10.1. The van der Waals surface area contributed by atoms with E-state index in [2.05, 4.69) is 36.1 Å². The largest absolute Gasteiger partial charge is 0.300 e. The molecule has 0 N–H and O–H groups in total. The van der Waals surface area contributed by atoms with Crippen LogP contribution in [0.25, 0.3) is 11.1 Å². The SMILES string of the molecule is CC1CCCN1CCc1ccc(-c2ccc(S(=O)(=O)C(C)C)cc2)cc1. The van der Waals surface area contributed by atoms with Crippen molar-refractivity contribution in [3.05, 3.63) is 54.1 Å². The second kappa shape index (κ2) is 7.93. The first-order chi connectivity index (χ1) is 12.4. The van der Waals surface area contributed by atoms with Gasteiger partial charge in [0.1, 0.15) is 0 Å². The lowest BCUT2D eigenvalue weighted by atomic mass is 10.0. The third-order valence-electron chi connectivity index (χ3n) is 5.47. The number of hydrogen-bond donors (Lipinski definition) is 0. The Morgan fingerprint density at radius 1 is 1.00 bits per heavy atom. The lowest BCUT2D eigenvalue weighted by Gasteiger charge is -2.20. The molecule has 0 saturated carbocycles. The standard InChI is InChI=1S/C22H29NO2S/c1-17(2)26(24,25)22-12-10-21(11-13-22)20-8-6-19(7-9-20)14-16-23-15-4-5-18(23)3/h6-13,17-18H,4-5,14-16H2,1-3H3. The minimum Gasteiger partial charge on any atom is -0.300 e. The Labute approximate surface area is 158 Å². The van der Waals surface area contributed by atoms with Crippen molar-refractivity contribution < 1.29 is 8.42 Å². The minimum atomic E-state index is -3.21. The number of nitrogens with zero attached hydrogens (tertiary/aromatic N) is 1. The molecule has 1 aliphatic heterocycles. The molecule has 0 spiro atoms. The van der Waals surface area contributed by atoms with Crippen LogP contribution in [0.4, 0.5) is 0 Å². The van der Waals surface area contributed by atoms with Gasteiger partial charge < -0.3 is 4.90 Å². The van der Waals surface area contributed by atoms with Crippen LogP contribution in [0.5, 0.6) is 0 Å². The quantitative estimate of drug-likeness (QED) is 0.747. The van der Waals surface area contributed by atoms with E-state index in [1.807, 2.05) is 12.1 Å². The Hall–Kier alpha value is -1.65. The molecule has 1 saturated heterocycles. The van der Waals surface area contributed by atoms with Crippen molar-refractivity contribution in [1.82, 2.24) is 4.90 Å². The molecule has 0 radical (unpaired) electrons. The molecule has 3 nitrogen and oxygen atoms in total. The van der Waals surface area contributed by atoms with Gasteiger partial charge in [0, 0.05) is 12.6 Å². The van der Waals surface area contributed by atoms with Crippen molar-refractivity contribution in [3.8, 4) is 11.1 Å². The molecule has 0 aliphatic carbocycles. The molecule has 4 heteroatoms. The van der Waals surface area contributed by atoms with Crippen molar-refractivity contribution in [2.75, 3.05) is 13.1 Å². The molecular formula is C22H29NO2S. The van der Waals surface area contributed by atoms with E-state index in [9.17, 15) is 8.42 Å². The smallest absolute Gasteiger partial charge is 0.180 e. The zero-order chi connectivity index (χ0) is 18.7. The zero-order valence-electron chi connectivity index (χ0n) is 16.0. The molecule has 140 valence electrons. The van der Waals surface area contributed by atoms with Crippen molar-refractivity contribution >= 4 is 9.84 Å². The molecule has 3 rings (SSSR count). The number of rotatable bonds is 6. The number of sulfone groups is 1. The summed E-state index contributed by atoms with van der Waals surface area (Å²) in [6, 6.07) is 16.6. The summed E-state index contributed by atoms with van der Waals surface area (Å²) in [6.07, 6.45) is 3.72. The highest BCUT2D eigenvalue weighted by molar-refractivity contribution is 7.92. The summed E-state index contributed by atoms with van der Waals surface area (Å²) in [6.45, 7) is 8.10. The van der Waals surface area contributed by atoms with E-state index in [0.717, 1.165) is 30.1 Å². The van der Waals surface area contributed by atoms with Crippen molar-refractivity contribution in [1.29, 1.82) is 0 Å². The fourth-order valence-electron chi connectivity index (χ4n) is 3.57. The molecule has 1 fully saturated rings. The van der Waals surface area contributed by atoms with Gasteiger partial charge in [0.15, 0.2) is 9.84 Å². The van der Waals surface area contributed by atoms with Crippen LogP contribution in [-0.2, 0) is 16.3 Å². The summed E-state index contributed by atoms with van der Waals surface area (Å²) in [7, 11) is -3.21. The summed E-state index contributed by atoms with van der Waals surface area (Å²) in [5, 5.41) is -0.397. The molecule has 1 heterocycles. The fourth-order valence-corrected chi connectivity index (χ4v) is 4.63. The highest BCUT2D eigenvalue weighted by atomic mass is 32.2. The average Bonchev–Trinajstić information content (AvgIpc) is 3.05. The van der Waals surface area contributed by atoms with Crippen molar-refractivity contribution in [2.24, 2.45) is 0 Å². The summed E-state index contributed by atoms with van der Waals surface area (Å²) in [5.74, 6) is 0. The summed E-state index contributed by atoms with van der Waals surface area (Å²) in [4.78, 5) is 2.97. The maximum atomic E-state index is 12.2. The molecule has 0 amide bonds. The zero-order valence-corrected chi connectivity index (χ0v) is 16.8. The van der Waals surface area contributed by atoms with Crippen LogP contribution >= 0.6 is 0 Å². The first-order valence-electron chi connectivity index (χ1n) is 9.55. The Balaban J connectivity index is 1.66. The van der Waals surface area contributed by atoms with E-state index in [-0.39, 0.29) is 0 Å². The van der Waals surface area contributed by atoms with Gasteiger partial charge in [-0.25, -0.2) is 8.42 Å². The Morgan fingerprint density at radius 3 is 2.08 bits per heavy atom. The topological polar surface area (TPSA) is 37.4 Å². The lowest BCUT2D eigenvalue weighted by Crippen LogP contribution is -2.28. The predicted octanol–water partition coefficient (Wildman–Crippen LogP) is 4.56. The van der Waals surface area contributed by atoms with Crippen LogP contribution in [0.3, 0.4) is 0 Å². The fraction of sp³-hybridized carbons (Fsp3) is 0.455. The Morgan fingerprint density at radius 2 is 1.58 bits per heavy atom. The molecule has 0 bridgehead atoms. The first-order valence-corrected chi connectivity index (χ1v) is 11.1. The van der Waals surface area contributed by atoms with E-state index in [0.29, 0.717) is 4.90 Å². The number of hydrogen-bond acceptors (Lipinski definition) is 3. The Kier molecular flexibility index (Phi) is 5.83. The normalized spacial score (nSPS) is 18.5. The van der Waals surface area contributed by atoms with E-state index in [1.165, 1.54) is 24.9 Å². The maximum Gasteiger partial charge on any atom is 0.180 e. The highest BCUT2D eigenvalue weighted by Gasteiger charge is 2.20. The third kappa shape index (κ3) is 4.18. The molecule has 1 atom stereocenters. The van der Waals surface area contributed by atoms with E-state index in [4.69, 9.17) is 0 Å². The van der Waals surface area contributed by atoms with E-state index in [1.54, 1.807) is 26.0 Å². The Bertz CT molecular complexity index is 823. The molecular weight excluding hydrogens is 342 g/mol. The minimum absolute atomic E-state index is 0.396. The van der Waals surface area contributed by atoms with Crippen molar-refractivity contribution in [3.63, 3.8) is 0 Å². The average molecular weight is 372 g/mol. The first kappa shape index (κ1) is 19.1. The van der Waals surface area contributed by atoms with E-state index >= 15 is 0 Å². The number of benzene rings is 2. The van der Waals surface area contributed by atoms with Crippen LogP contribution in [-0.4, -0.2) is 37.7 Å². The molecule has 1 aliphatic rings. The van der Waals surface area contributed by atoms with Crippen LogP contribution < -0.4 is 0 Å². The van der Waals surface area contributed by atoms with Crippen LogP contribution in [0.2, 0.25) is 0 Å². The van der Waals surface area contributed by atoms with Gasteiger partial charge >= 0.3 is 0 Å². The molecule has 2 aromatic carbocycles. The van der Waals surface area contributed by atoms with Gasteiger partial charge in [-0.05, 0) is 75.4 Å². The van der Waals surface area contributed by atoms with Gasteiger partial charge in [-0.2, -0.15) is 0 Å². The van der Waals surface area contributed by atoms with Crippen LogP contribution in [0.1, 0.15) is 39.2 Å². The second-order valence-electron chi connectivity index (χ2n) is 7.59. The molecule has 1 unspecified atom stereocenters. The molecule has 26 heavy (non-hydrogen) atoms. The maximum absolute atomic E-state index is 12.2. The van der Waals surface area contributed by atoms with Gasteiger partial charge in [0.25, 0.3) is 0 Å². The third-order valence-corrected chi connectivity index (χ3v) is 7.64. The summed E-state index contributed by atoms with van der Waals surface area (Å²) in [5.41, 5.74) is 3.52.